The second-order valence-electron chi connectivity index (χ2n) is 4.06. The average Bonchev–Trinajstić information content (AvgIpc) is 2.46. The van der Waals surface area contributed by atoms with Crippen molar-refractivity contribution in [2.24, 2.45) is 5.73 Å². The van der Waals surface area contributed by atoms with Crippen molar-refractivity contribution in [3.63, 3.8) is 0 Å². The van der Waals surface area contributed by atoms with Crippen LogP contribution < -0.4 is 5.73 Å². The highest BCUT2D eigenvalue weighted by Crippen LogP contribution is 2.27. The summed E-state index contributed by atoms with van der Waals surface area (Å²) in [6.45, 7) is 0. The number of benzene rings is 1. The van der Waals surface area contributed by atoms with Crippen molar-refractivity contribution in [3.8, 4) is 11.1 Å². The van der Waals surface area contributed by atoms with E-state index in [1.807, 2.05) is 0 Å². The van der Waals surface area contributed by atoms with Crippen molar-refractivity contribution in [2.75, 3.05) is 0 Å². The molecule has 0 saturated carbocycles. The number of hydrogen-bond acceptors (Lipinski definition) is 5. The fourth-order valence-corrected chi connectivity index (χ4v) is 1.87. The van der Waals surface area contributed by atoms with Gasteiger partial charge < -0.3 is 10.8 Å². The van der Waals surface area contributed by atoms with Gasteiger partial charge in [-0.1, -0.05) is 0 Å². The lowest BCUT2D eigenvalue weighted by Crippen LogP contribution is -2.19. The number of carbonyl (C=O) groups is 2. The van der Waals surface area contributed by atoms with Gasteiger partial charge in [0.2, 0.25) is 0 Å². The highest BCUT2D eigenvalue weighted by molar-refractivity contribution is 6.07. The van der Waals surface area contributed by atoms with E-state index in [0.29, 0.717) is 5.56 Å². The van der Waals surface area contributed by atoms with E-state index in [2.05, 4.69) is 4.98 Å². The molecule has 2 aromatic rings. The molecule has 0 unspecified atom stereocenters. The number of hydrogen-bond donors (Lipinski definition) is 2. The Bertz CT molecular complexity index is 740. The zero-order chi connectivity index (χ0) is 15.6. The second-order valence-corrected chi connectivity index (χ2v) is 4.06. The number of pyridine rings is 1. The van der Waals surface area contributed by atoms with Crippen LogP contribution in [0.15, 0.2) is 36.5 Å². The molecule has 8 nitrogen and oxygen atoms in total. The highest BCUT2D eigenvalue weighted by Gasteiger charge is 2.21. The first-order valence-corrected chi connectivity index (χ1v) is 5.68. The largest absolute Gasteiger partial charge is 0.478 e. The Hall–Kier alpha value is -3.29. The molecule has 0 aliphatic rings. The maximum Gasteiger partial charge on any atom is 0.338 e. The molecule has 0 atom stereocenters. The van der Waals surface area contributed by atoms with Crippen molar-refractivity contribution in [3.05, 3.63) is 57.9 Å². The third-order valence-electron chi connectivity index (χ3n) is 2.79. The molecule has 106 valence electrons. The number of carboxylic acid groups (broad SMARTS) is 1. The van der Waals surface area contributed by atoms with E-state index in [9.17, 15) is 24.8 Å². The lowest BCUT2D eigenvalue weighted by Gasteiger charge is -2.08. The number of nitrogens with two attached hydrogens (primary N) is 1. The van der Waals surface area contributed by atoms with Crippen molar-refractivity contribution in [2.45, 2.75) is 0 Å². The van der Waals surface area contributed by atoms with Gasteiger partial charge in [0.15, 0.2) is 0 Å². The van der Waals surface area contributed by atoms with Crippen LogP contribution in [0.5, 0.6) is 0 Å². The van der Waals surface area contributed by atoms with Gasteiger partial charge in [-0.2, -0.15) is 0 Å². The molecule has 1 heterocycles. The molecule has 2 rings (SSSR count). The van der Waals surface area contributed by atoms with Crippen molar-refractivity contribution in [1.82, 2.24) is 4.98 Å². The standard InChI is InChI=1S/C13H9N3O5/c14-12(17)11-10(13(18)19)9(5-6-15-11)7-1-3-8(4-2-7)16(20)21/h1-6H,(H2,14,17)(H,18,19). The van der Waals surface area contributed by atoms with Crippen LogP contribution in [0, 0.1) is 10.1 Å². The lowest BCUT2D eigenvalue weighted by atomic mass is 9.98. The van der Waals surface area contributed by atoms with Crippen LogP contribution in [0.2, 0.25) is 0 Å². The van der Waals surface area contributed by atoms with Gasteiger partial charge in [0.1, 0.15) is 5.69 Å². The Morgan fingerprint density at radius 1 is 1.19 bits per heavy atom. The van der Waals surface area contributed by atoms with E-state index in [1.165, 1.54) is 36.5 Å². The summed E-state index contributed by atoms with van der Waals surface area (Å²) in [4.78, 5) is 36.3. The second kappa shape index (κ2) is 5.37. The molecular formula is C13H9N3O5. The summed E-state index contributed by atoms with van der Waals surface area (Å²) in [5.74, 6) is -2.32. The predicted molar refractivity (Wildman–Crippen MR) is 71.8 cm³/mol. The number of amides is 1. The molecule has 3 N–H and O–H groups in total. The van der Waals surface area contributed by atoms with E-state index < -0.39 is 16.8 Å². The number of aromatic carboxylic acids is 1. The highest BCUT2D eigenvalue weighted by atomic mass is 16.6. The number of nitro benzene ring substituents is 1. The zero-order valence-corrected chi connectivity index (χ0v) is 10.5. The topological polar surface area (TPSA) is 136 Å². The summed E-state index contributed by atoms with van der Waals surface area (Å²) in [5, 5.41) is 19.9. The summed E-state index contributed by atoms with van der Waals surface area (Å²) < 4.78 is 0. The van der Waals surface area contributed by atoms with E-state index >= 15 is 0 Å². The Morgan fingerprint density at radius 2 is 1.81 bits per heavy atom. The molecule has 0 bridgehead atoms. The molecule has 0 spiro atoms. The SMILES string of the molecule is NC(=O)c1nccc(-c2ccc([N+](=O)[O-])cc2)c1C(=O)O. The summed E-state index contributed by atoms with van der Waals surface area (Å²) in [7, 11) is 0. The fourth-order valence-electron chi connectivity index (χ4n) is 1.87. The van der Waals surface area contributed by atoms with E-state index in [0.717, 1.165) is 0 Å². The number of nitrogens with zero attached hydrogens (tertiary/aromatic N) is 2. The van der Waals surface area contributed by atoms with Crippen LogP contribution in [0.3, 0.4) is 0 Å². The number of rotatable bonds is 4. The number of primary amides is 1. The van der Waals surface area contributed by atoms with Gasteiger partial charge in [0.05, 0.1) is 10.5 Å². The van der Waals surface area contributed by atoms with Crippen LogP contribution in [-0.4, -0.2) is 26.9 Å². The van der Waals surface area contributed by atoms with E-state index in [4.69, 9.17) is 5.73 Å². The fraction of sp³-hybridized carbons (Fsp3) is 0. The zero-order valence-electron chi connectivity index (χ0n) is 10.5. The summed E-state index contributed by atoms with van der Waals surface area (Å²) in [5.41, 5.74) is 4.90. The van der Waals surface area contributed by atoms with E-state index in [1.54, 1.807) is 0 Å². The molecule has 0 saturated heterocycles. The maximum absolute atomic E-state index is 11.3. The van der Waals surface area contributed by atoms with Crippen LogP contribution in [0.25, 0.3) is 11.1 Å². The molecule has 21 heavy (non-hydrogen) atoms. The lowest BCUT2D eigenvalue weighted by molar-refractivity contribution is -0.384. The molecule has 0 radical (unpaired) electrons. The first kappa shape index (κ1) is 14.1. The molecule has 0 fully saturated rings. The minimum Gasteiger partial charge on any atom is -0.478 e. The monoisotopic (exact) mass is 287 g/mol. The van der Waals surface area contributed by atoms with Crippen LogP contribution in [0.1, 0.15) is 20.8 Å². The van der Waals surface area contributed by atoms with Crippen molar-refractivity contribution >= 4 is 17.6 Å². The Morgan fingerprint density at radius 3 is 2.29 bits per heavy atom. The molecule has 1 amide bonds. The smallest absolute Gasteiger partial charge is 0.338 e. The maximum atomic E-state index is 11.3. The molecule has 0 aliphatic carbocycles. The first-order chi connectivity index (χ1) is 9.91. The molecule has 1 aromatic heterocycles. The van der Waals surface area contributed by atoms with Crippen LogP contribution in [-0.2, 0) is 0 Å². The normalized spacial score (nSPS) is 10.1. The number of carbonyl (C=O) groups excluding carboxylic acids is 1. The Labute approximate surface area is 118 Å². The van der Waals surface area contributed by atoms with Gasteiger partial charge in [-0.3, -0.25) is 19.9 Å². The Balaban J connectivity index is 2.63. The summed E-state index contributed by atoms with van der Waals surface area (Å²) >= 11 is 0. The number of nitro groups is 1. The van der Waals surface area contributed by atoms with Crippen molar-refractivity contribution < 1.29 is 19.6 Å². The molecule has 0 aliphatic heterocycles. The molecular weight excluding hydrogens is 278 g/mol. The summed E-state index contributed by atoms with van der Waals surface area (Å²) in [6, 6.07) is 6.67. The Kier molecular flexibility index (Phi) is 3.61. The van der Waals surface area contributed by atoms with E-state index in [-0.39, 0.29) is 22.5 Å². The number of aromatic nitrogens is 1. The average molecular weight is 287 g/mol. The van der Waals surface area contributed by atoms with Gasteiger partial charge >= 0.3 is 5.97 Å². The molecule has 8 heteroatoms. The first-order valence-electron chi connectivity index (χ1n) is 5.68. The predicted octanol–water partition coefficient (Wildman–Crippen LogP) is 1.45. The third-order valence-corrected chi connectivity index (χ3v) is 2.79. The van der Waals surface area contributed by atoms with Gasteiger partial charge in [-0.25, -0.2) is 4.79 Å². The van der Waals surface area contributed by atoms with Gasteiger partial charge in [0, 0.05) is 23.9 Å². The van der Waals surface area contributed by atoms with Crippen molar-refractivity contribution in [1.29, 1.82) is 0 Å². The quantitative estimate of drug-likeness (QED) is 0.645. The van der Waals surface area contributed by atoms with Gasteiger partial charge in [0.25, 0.3) is 11.6 Å². The van der Waals surface area contributed by atoms with Crippen LogP contribution >= 0.6 is 0 Å². The summed E-state index contributed by atoms with van der Waals surface area (Å²) in [6.07, 6.45) is 1.25. The third kappa shape index (κ3) is 2.68. The number of carboxylic acids is 1. The molecule has 1 aromatic carbocycles. The minimum atomic E-state index is -1.36. The van der Waals surface area contributed by atoms with Gasteiger partial charge in [-0.05, 0) is 23.8 Å². The van der Waals surface area contributed by atoms with Crippen LogP contribution in [0.4, 0.5) is 5.69 Å². The minimum absolute atomic E-state index is 0.125. The number of non-ortho nitro benzene ring substituents is 1. The van der Waals surface area contributed by atoms with Gasteiger partial charge in [-0.15, -0.1) is 0 Å².